The van der Waals surface area contributed by atoms with Crippen molar-refractivity contribution in [2.75, 3.05) is 19.5 Å². The normalized spacial score (nSPS) is 44.4. The van der Waals surface area contributed by atoms with E-state index in [1.165, 1.54) is 77.0 Å². The molecule has 0 amide bonds. The van der Waals surface area contributed by atoms with Crippen LogP contribution in [0.25, 0.3) is 0 Å². The Morgan fingerprint density at radius 3 is 1.54 bits per heavy atom. The third-order valence-corrected chi connectivity index (χ3v) is 21.2. The highest BCUT2D eigenvalue weighted by atomic mass is 79.9. The van der Waals surface area contributed by atoms with Gasteiger partial charge < -0.3 is 19.7 Å². The molecular formula is C54H89BrN4O6. The van der Waals surface area contributed by atoms with E-state index in [0.29, 0.717) is 57.8 Å². The molecule has 8 saturated carbocycles. The van der Waals surface area contributed by atoms with Gasteiger partial charge in [0.1, 0.15) is 5.78 Å². The fourth-order valence-corrected chi connectivity index (χ4v) is 17.6. The van der Waals surface area contributed by atoms with Crippen molar-refractivity contribution < 1.29 is 29.3 Å². The summed E-state index contributed by atoms with van der Waals surface area (Å²) in [6.07, 6.45) is 27.8. The lowest BCUT2D eigenvalue weighted by molar-refractivity contribution is -0.151. The summed E-state index contributed by atoms with van der Waals surface area (Å²) in [4.78, 5) is 25.9. The van der Waals surface area contributed by atoms with Gasteiger partial charge in [0.25, 0.3) is 0 Å². The molecule has 0 spiro atoms. The molecule has 11 heteroatoms. The molecule has 8 fully saturated rings. The molecule has 65 heavy (non-hydrogen) atoms. The van der Waals surface area contributed by atoms with E-state index in [2.05, 4.69) is 58.9 Å². The van der Waals surface area contributed by atoms with Crippen molar-refractivity contribution in [3.63, 3.8) is 0 Å². The zero-order valence-electron chi connectivity index (χ0n) is 40.0. The largest absolute Gasteiger partial charge is 0.493 e. The molecule has 0 unspecified atom stereocenters. The van der Waals surface area contributed by atoms with Crippen molar-refractivity contribution in [3.05, 3.63) is 24.8 Å². The molecule has 3 N–H and O–H groups in total. The molecule has 0 aromatic carbocycles. The number of nitrogens with zero attached hydrogens (tertiary/aromatic N) is 3. The van der Waals surface area contributed by atoms with Crippen LogP contribution in [0.4, 0.5) is 0 Å². The van der Waals surface area contributed by atoms with Gasteiger partial charge in [-0.15, -0.1) is 0 Å². The second-order valence-electron chi connectivity index (χ2n) is 23.8. The van der Waals surface area contributed by atoms with E-state index in [-0.39, 0.29) is 37.5 Å². The van der Waals surface area contributed by atoms with Crippen molar-refractivity contribution in [1.29, 1.82) is 0 Å². The van der Waals surface area contributed by atoms with Gasteiger partial charge in [-0.25, -0.2) is 0 Å². The number of aliphatic hydroxyl groups is 2. The Morgan fingerprint density at radius 2 is 1.12 bits per heavy atom. The summed E-state index contributed by atoms with van der Waals surface area (Å²) in [5.41, 5.74) is 0.264. The molecule has 0 saturated heterocycles. The van der Waals surface area contributed by atoms with Crippen molar-refractivity contribution in [2.45, 2.75) is 190 Å². The maximum atomic E-state index is 13.4. The Kier molecular flexibility index (Phi) is 15.7. The predicted octanol–water partition coefficient (Wildman–Crippen LogP) is 11.9. The number of rotatable bonds is 7. The van der Waals surface area contributed by atoms with Gasteiger partial charge >= 0.3 is 0 Å². The molecule has 0 bridgehead atoms. The SMILES string of the molecule is C.C.COc1cn[nH]c1.COc1cnn(CC(=O)[C@H]2CC[C@H]3[C@@H]4CC[C@@H]5C[C@](C)(O)CC[C@]5(C)[C@H]4CC[C@]23C)c1.C[C@@]1(O)CC[C@@]2(C)[C@H](CC[C@@H]3[C@@H]2CC[C@]2(C)[C@@H](C(=O)CBr)CC[C@@H]32)C1. The molecule has 16 atom stereocenters. The van der Waals surface area contributed by atoms with Gasteiger partial charge in [0.15, 0.2) is 17.3 Å². The van der Waals surface area contributed by atoms with Crippen LogP contribution < -0.4 is 9.47 Å². The van der Waals surface area contributed by atoms with Crippen molar-refractivity contribution >= 4 is 27.5 Å². The number of hydrogen-bond donors (Lipinski definition) is 3. The number of Topliss-reactive ketones (excluding diaryl/α,β-unsaturated/α-hetero) is 2. The Labute approximate surface area is 401 Å². The zero-order valence-corrected chi connectivity index (χ0v) is 41.6. The van der Waals surface area contributed by atoms with Crippen LogP contribution in [0.5, 0.6) is 11.5 Å². The smallest absolute Gasteiger partial charge is 0.157 e. The van der Waals surface area contributed by atoms with Crippen LogP contribution in [0.15, 0.2) is 24.8 Å². The molecule has 2 aromatic heterocycles. The summed E-state index contributed by atoms with van der Waals surface area (Å²) >= 11 is 3.43. The average molecular weight is 970 g/mol. The lowest BCUT2D eigenvalue weighted by Crippen LogP contribution is -2.55. The zero-order chi connectivity index (χ0) is 45.2. The standard InChI is InChI=1S/C26H40N2O3.C22H35BrO2.C4H6N2O.2CH4/c1-24(30)11-12-25(2)17(13-24)5-6-19-20-7-8-22(26(20,3)10-9-21(19)25)23(29)16-28-15-18(31-4)14-27-28;1-20(25)10-11-21(2)14(12-20)4-5-15-16-6-7-18(19(24)13-23)22(16,3)9-8-17(15)21;1-7-4-2-5-6-3-4;;/h14-15,17,19-22,30H,5-13,16H2,1-4H3;14-18,25H,4-13H2,1-3H3;2-3H,1H3,(H,5,6);2*1H4/t17-,19+,20+,21+,22-,24-,25+,26+;14-,15+,16+,17+,18-,20-,21+,22+;;;/m11.../s1. The Balaban J connectivity index is 0.000000185. The van der Waals surface area contributed by atoms with Crippen molar-refractivity contribution in [3.8, 4) is 11.5 Å². The van der Waals surface area contributed by atoms with Gasteiger partial charge in [-0.3, -0.25) is 19.4 Å². The number of methoxy groups -OCH3 is 2. The van der Waals surface area contributed by atoms with E-state index in [0.717, 1.165) is 73.9 Å². The van der Waals surface area contributed by atoms with Crippen LogP contribution in [0, 0.1) is 80.8 Å². The third kappa shape index (κ3) is 9.58. The molecule has 10 rings (SSSR count). The molecular weight excluding hydrogens is 881 g/mol. The second-order valence-corrected chi connectivity index (χ2v) is 24.4. The number of H-pyrrole nitrogens is 1. The van der Waals surface area contributed by atoms with Crippen molar-refractivity contribution in [2.24, 2.45) is 80.8 Å². The third-order valence-electron chi connectivity index (χ3n) is 20.7. The summed E-state index contributed by atoms with van der Waals surface area (Å²) in [5.74, 6) is 8.65. The minimum atomic E-state index is -0.472. The molecule has 0 radical (unpaired) electrons. The Morgan fingerprint density at radius 1 is 0.646 bits per heavy atom. The minimum Gasteiger partial charge on any atom is -0.493 e. The second kappa shape index (κ2) is 19.6. The molecule has 0 aliphatic heterocycles. The van der Waals surface area contributed by atoms with Crippen molar-refractivity contribution in [1.82, 2.24) is 20.0 Å². The number of aromatic amines is 1. The van der Waals surface area contributed by atoms with Gasteiger partial charge in [0.05, 0.1) is 62.1 Å². The number of hydrogen-bond acceptors (Lipinski definition) is 8. The molecule has 2 heterocycles. The fraction of sp³-hybridized carbons (Fsp3) is 0.852. The van der Waals surface area contributed by atoms with Crippen LogP contribution >= 0.6 is 15.9 Å². The van der Waals surface area contributed by atoms with Gasteiger partial charge in [0.2, 0.25) is 0 Å². The van der Waals surface area contributed by atoms with Gasteiger partial charge in [0, 0.05) is 11.8 Å². The average Bonchev–Trinajstić information content (AvgIpc) is 4.07. The van der Waals surface area contributed by atoms with Crippen LogP contribution in [0.3, 0.4) is 0 Å². The van der Waals surface area contributed by atoms with Crippen LogP contribution in [0.2, 0.25) is 0 Å². The maximum Gasteiger partial charge on any atom is 0.157 e. The van der Waals surface area contributed by atoms with Gasteiger partial charge in [-0.2, -0.15) is 10.2 Å². The number of nitrogens with one attached hydrogen (secondary N) is 1. The van der Waals surface area contributed by atoms with Crippen LogP contribution in [0.1, 0.15) is 172 Å². The van der Waals surface area contributed by atoms with E-state index >= 15 is 0 Å². The van der Waals surface area contributed by atoms with E-state index in [4.69, 9.17) is 9.47 Å². The van der Waals surface area contributed by atoms with Gasteiger partial charge in [-0.1, -0.05) is 58.5 Å². The first kappa shape index (κ1) is 52.1. The maximum absolute atomic E-state index is 13.4. The number of ketones is 2. The summed E-state index contributed by atoms with van der Waals surface area (Å²) in [6.45, 7) is 14.4. The number of carbonyl (C=O) groups is 2. The quantitative estimate of drug-likeness (QED) is 0.233. The molecule has 8 aliphatic carbocycles. The molecule has 2 aromatic rings. The number of alkyl halides is 1. The fourth-order valence-electron chi connectivity index (χ4n) is 17.2. The first-order valence-electron chi connectivity index (χ1n) is 25.0. The molecule has 10 nitrogen and oxygen atoms in total. The first-order chi connectivity index (χ1) is 29.8. The highest BCUT2D eigenvalue weighted by molar-refractivity contribution is 9.09. The van der Waals surface area contributed by atoms with Crippen LogP contribution in [-0.4, -0.2) is 72.5 Å². The van der Waals surface area contributed by atoms with E-state index < -0.39 is 11.2 Å². The topological polar surface area (TPSA) is 140 Å². The number of fused-ring (bicyclic) bond motifs is 10. The number of carbonyl (C=O) groups excluding carboxylic acids is 2. The van der Waals surface area contributed by atoms with Gasteiger partial charge in [-0.05, 0) is 198 Å². The summed E-state index contributed by atoms with van der Waals surface area (Å²) in [5, 5.41) is 32.4. The molecule has 368 valence electrons. The predicted molar refractivity (Wildman–Crippen MR) is 263 cm³/mol. The lowest BCUT2D eigenvalue weighted by Gasteiger charge is -2.61. The van der Waals surface area contributed by atoms with Crippen LogP contribution in [-0.2, 0) is 16.1 Å². The number of aromatic nitrogens is 4. The summed E-state index contributed by atoms with van der Waals surface area (Å²) in [6, 6.07) is 0. The molecule has 8 aliphatic rings. The van der Waals surface area contributed by atoms with E-state index in [1.807, 2.05) is 20.0 Å². The summed E-state index contributed by atoms with van der Waals surface area (Å²) in [7, 11) is 3.23. The number of halogens is 1. The monoisotopic (exact) mass is 969 g/mol. The minimum absolute atomic E-state index is 0. The summed E-state index contributed by atoms with van der Waals surface area (Å²) < 4.78 is 11.7. The lowest BCUT2D eigenvalue weighted by atomic mass is 9.44. The first-order valence-corrected chi connectivity index (χ1v) is 26.1. The highest BCUT2D eigenvalue weighted by Gasteiger charge is 2.63. The Bertz CT molecular complexity index is 1920. The highest BCUT2D eigenvalue weighted by Crippen LogP contribution is 2.70. The van der Waals surface area contributed by atoms with E-state index in [1.54, 1.807) is 37.5 Å². The number of ether oxygens (including phenoxy) is 2. The Hall–Kier alpha value is -2.24. The van der Waals surface area contributed by atoms with E-state index in [9.17, 15) is 19.8 Å².